The molecule has 11 heteroatoms. The summed E-state index contributed by atoms with van der Waals surface area (Å²) in [5.74, 6) is -2.78. The maximum atomic E-state index is 13.5. The number of benzene rings is 2. The third-order valence-corrected chi connectivity index (χ3v) is 6.91. The van der Waals surface area contributed by atoms with Crippen molar-refractivity contribution in [1.29, 1.82) is 0 Å². The Morgan fingerprint density at radius 3 is 1.93 bits per heavy atom. The fraction of sp³-hybridized carbons (Fsp3) is 0.484. The smallest absolute Gasteiger partial charge is 0.548 e. The Bertz CT molecular complexity index is 1130. The summed E-state index contributed by atoms with van der Waals surface area (Å²) >= 11 is 0. The minimum atomic E-state index is -1.41. The number of ether oxygens (including phenoxy) is 1. The summed E-state index contributed by atoms with van der Waals surface area (Å²) in [5.41, 5.74) is 1.75. The van der Waals surface area contributed by atoms with E-state index in [4.69, 9.17) is 4.74 Å². The molecule has 0 radical (unpaired) electrons. The molecule has 3 atom stereocenters. The van der Waals surface area contributed by atoms with Crippen molar-refractivity contribution in [1.82, 2.24) is 20.9 Å². The fourth-order valence-corrected chi connectivity index (χ4v) is 4.72. The van der Waals surface area contributed by atoms with E-state index < -0.39 is 35.9 Å². The molecule has 0 aromatic heterocycles. The van der Waals surface area contributed by atoms with E-state index >= 15 is 0 Å². The Kier molecular flexibility index (Phi) is 15.3. The van der Waals surface area contributed by atoms with Crippen molar-refractivity contribution >= 4 is 23.7 Å². The van der Waals surface area contributed by atoms with E-state index in [2.05, 4.69) is 16.0 Å². The van der Waals surface area contributed by atoms with Crippen molar-refractivity contribution in [2.24, 2.45) is 5.92 Å². The van der Waals surface area contributed by atoms with Crippen molar-refractivity contribution in [2.75, 3.05) is 32.8 Å². The van der Waals surface area contributed by atoms with Crippen LogP contribution in [0, 0.1) is 5.92 Å². The summed E-state index contributed by atoms with van der Waals surface area (Å²) in [6.07, 6.45) is 1.21. The molecule has 0 spiro atoms. The molecule has 1 heterocycles. The van der Waals surface area contributed by atoms with E-state index in [1.807, 2.05) is 55.1 Å². The third-order valence-electron chi connectivity index (χ3n) is 6.91. The number of carbonyl (C=O) groups excluding carboxylic acids is 4. The molecule has 42 heavy (non-hydrogen) atoms. The van der Waals surface area contributed by atoms with Crippen LogP contribution in [0.4, 0.5) is 0 Å². The maximum Gasteiger partial charge on any atom is 1.00 e. The molecule has 1 fully saturated rings. The van der Waals surface area contributed by atoms with Crippen LogP contribution in [-0.2, 0) is 36.8 Å². The van der Waals surface area contributed by atoms with Crippen molar-refractivity contribution in [2.45, 2.75) is 57.7 Å². The molecule has 3 unspecified atom stereocenters. The summed E-state index contributed by atoms with van der Waals surface area (Å²) in [5, 5.41) is 20.0. The number of carboxylic acids is 1. The van der Waals surface area contributed by atoms with Gasteiger partial charge in [-0.05, 0) is 42.7 Å². The number of aryl methyl sites for hydroxylation is 1. The summed E-state index contributed by atoms with van der Waals surface area (Å²) in [7, 11) is 0. The summed E-state index contributed by atoms with van der Waals surface area (Å²) in [6, 6.07) is 15.4. The predicted molar refractivity (Wildman–Crippen MR) is 152 cm³/mol. The van der Waals surface area contributed by atoms with Crippen molar-refractivity contribution in [3.63, 3.8) is 0 Å². The number of hydrogen-bond donors (Lipinski definition) is 3. The zero-order valence-electron chi connectivity index (χ0n) is 24.8. The van der Waals surface area contributed by atoms with Gasteiger partial charge in [0, 0.05) is 13.1 Å². The molecule has 222 valence electrons. The topological polar surface area (TPSA) is 140 Å². The van der Waals surface area contributed by atoms with Gasteiger partial charge in [0.15, 0.2) is 0 Å². The van der Waals surface area contributed by atoms with Crippen molar-refractivity contribution in [3.05, 3.63) is 71.8 Å². The van der Waals surface area contributed by atoms with Gasteiger partial charge in [0.25, 0.3) is 0 Å². The number of carbonyl (C=O) groups is 4. The van der Waals surface area contributed by atoms with Gasteiger partial charge in [0.2, 0.25) is 17.7 Å². The second-order valence-corrected chi connectivity index (χ2v) is 10.8. The second-order valence-electron chi connectivity index (χ2n) is 10.8. The van der Waals surface area contributed by atoms with Gasteiger partial charge in [-0.25, -0.2) is 0 Å². The Labute approximate surface area is 260 Å². The molecule has 2 aromatic rings. The molecule has 1 aliphatic rings. The SMILES string of the molecule is CC(C)CC(NC(=O)C(CCc1ccccc1)NC(=O)CN1CCOCC1)C(=O)NC(Cc1ccccc1)C(=O)[O-].[Li+]. The van der Waals surface area contributed by atoms with E-state index in [9.17, 15) is 24.3 Å². The van der Waals surface area contributed by atoms with Crippen LogP contribution in [-0.4, -0.2) is 79.6 Å². The molecular formula is C31H41LiN4O6. The van der Waals surface area contributed by atoms with E-state index in [0.29, 0.717) is 39.1 Å². The van der Waals surface area contributed by atoms with Crippen LogP contribution in [0.15, 0.2) is 60.7 Å². The van der Waals surface area contributed by atoms with Crippen LogP contribution in [0.3, 0.4) is 0 Å². The van der Waals surface area contributed by atoms with Crippen LogP contribution in [0.5, 0.6) is 0 Å². The van der Waals surface area contributed by atoms with Crippen LogP contribution >= 0.6 is 0 Å². The van der Waals surface area contributed by atoms with Crippen molar-refractivity contribution in [3.8, 4) is 0 Å². The molecule has 1 aliphatic heterocycles. The zero-order chi connectivity index (χ0) is 29.6. The number of hydrogen-bond acceptors (Lipinski definition) is 7. The van der Waals surface area contributed by atoms with Gasteiger partial charge in [-0.15, -0.1) is 0 Å². The molecule has 3 rings (SSSR count). The molecule has 0 aliphatic carbocycles. The molecule has 0 bridgehead atoms. The van der Waals surface area contributed by atoms with Gasteiger partial charge in [0.1, 0.15) is 12.1 Å². The van der Waals surface area contributed by atoms with Crippen molar-refractivity contribution < 1.29 is 47.9 Å². The summed E-state index contributed by atoms with van der Waals surface area (Å²) in [6.45, 7) is 6.32. The molecular weight excluding hydrogens is 531 g/mol. The third kappa shape index (κ3) is 12.4. The molecule has 2 aromatic carbocycles. The number of aliphatic carboxylic acids is 1. The molecule has 3 N–H and O–H groups in total. The standard InChI is InChI=1S/C31H42N4O6.Li/c1-22(2)19-26(30(38)34-27(31(39)40)20-24-11-7-4-8-12-24)33-29(37)25(14-13-23-9-5-3-6-10-23)32-28(36)21-35-15-17-41-18-16-35;/h3-12,22,25-27H,13-21H2,1-2H3,(H,32,36)(H,33,37)(H,34,38)(H,39,40);/q;+1/p-1. The second kappa shape index (κ2) is 18.4. The first kappa shape index (κ1) is 35.0. The van der Waals surface area contributed by atoms with Gasteiger partial charge in [0.05, 0.1) is 31.8 Å². The number of nitrogens with zero attached hydrogens (tertiary/aromatic N) is 1. The molecule has 1 saturated heterocycles. The van der Waals surface area contributed by atoms with E-state index in [0.717, 1.165) is 11.1 Å². The average molecular weight is 573 g/mol. The van der Waals surface area contributed by atoms with E-state index in [1.165, 1.54) is 0 Å². The minimum absolute atomic E-state index is 0. The van der Waals surface area contributed by atoms with Crippen LogP contribution in [0.1, 0.15) is 37.8 Å². The molecule has 3 amide bonds. The fourth-order valence-electron chi connectivity index (χ4n) is 4.72. The molecule has 0 saturated carbocycles. The summed E-state index contributed by atoms with van der Waals surface area (Å²) in [4.78, 5) is 53.5. The number of morpholine rings is 1. The first-order chi connectivity index (χ1) is 19.7. The Balaban J connectivity index is 0.00000616. The van der Waals surface area contributed by atoms with Gasteiger partial charge in [-0.1, -0.05) is 74.5 Å². The Morgan fingerprint density at radius 2 is 1.36 bits per heavy atom. The average Bonchev–Trinajstić information content (AvgIpc) is 2.95. The summed E-state index contributed by atoms with van der Waals surface area (Å²) < 4.78 is 5.35. The van der Waals surface area contributed by atoms with Crippen LogP contribution < -0.4 is 39.9 Å². The van der Waals surface area contributed by atoms with E-state index in [-0.39, 0.29) is 50.1 Å². The first-order valence-electron chi connectivity index (χ1n) is 14.2. The number of amides is 3. The molecule has 10 nitrogen and oxygen atoms in total. The number of rotatable bonds is 15. The van der Waals surface area contributed by atoms with Gasteiger partial charge in [-0.2, -0.15) is 0 Å². The van der Waals surface area contributed by atoms with Crippen LogP contribution in [0.25, 0.3) is 0 Å². The Morgan fingerprint density at radius 1 is 0.810 bits per heavy atom. The minimum Gasteiger partial charge on any atom is -0.548 e. The maximum absolute atomic E-state index is 13.5. The first-order valence-corrected chi connectivity index (χ1v) is 14.2. The normalized spacial score (nSPS) is 15.5. The van der Waals surface area contributed by atoms with Gasteiger partial charge in [-0.3, -0.25) is 19.3 Å². The van der Waals surface area contributed by atoms with Crippen LogP contribution in [0.2, 0.25) is 0 Å². The largest absolute Gasteiger partial charge is 1.00 e. The number of carboxylic acid groups (broad SMARTS) is 1. The van der Waals surface area contributed by atoms with Gasteiger partial charge >= 0.3 is 18.9 Å². The van der Waals surface area contributed by atoms with Gasteiger partial charge < -0.3 is 30.6 Å². The quantitative estimate of drug-likeness (QED) is 0.200. The monoisotopic (exact) mass is 572 g/mol. The number of nitrogens with one attached hydrogen (secondary N) is 3. The zero-order valence-corrected chi connectivity index (χ0v) is 24.8. The Hall–Kier alpha value is -3.16. The van der Waals surface area contributed by atoms with E-state index in [1.54, 1.807) is 24.3 Å². The predicted octanol–water partition coefficient (Wildman–Crippen LogP) is -2.55.